The second kappa shape index (κ2) is 23.6. The molecule has 1 aliphatic carbocycles. The number of hydrogen-bond donors (Lipinski definition) is 1. The van der Waals surface area contributed by atoms with Crippen LogP contribution in [0.2, 0.25) is 0 Å². The molecule has 2 saturated heterocycles. The Morgan fingerprint density at radius 1 is 0.571 bits per heavy atom. The van der Waals surface area contributed by atoms with Crippen molar-refractivity contribution in [2.75, 3.05) is 56.7 Å². The molecule has 10 nitrogen and oxygen atoms in total. The van der Waals surface area contributed by atoms with Crippen LogP contribution in [0.3, 0.4) is 0 Å². The van der Waals surface area contributed by atoms with Gasteiger partial charge < -0.3 is 34.1 Å². The molecule has 2 atom stereocenters. The van der Waals surface area contributed by atoms with Crippen LogP contribution in [0.1, 0.15) is 59.2 Å². The normalized spacial score (nSPS) is 16.6. The molecule has 70 heavy (non-hydrogen) atoms. The Morgan fingerprint density at radius 3 is 1.53 bits per heavy atom. The first-order valence-corrected chi connectivity index (χ1v) is 23.7. The molecule has 3 fully saturated rings. The van der Waals surface area contributed by atoms with Gasteiger partial charge in [0.05, 0.1) is 14.2 Å². The summed E-state index contributed by atoms with van der Waals surface area (Å²) >= 11 is 0. The van der Waals surface area contributed by atoms with Gasteiger partial charge >= 0.3 is 13.2 Å². The van der Waals surface area contributed by atoms with Gasteiger partial charge in [-0.05, 0) is 140 Å². The molecule has 0 aromatic heterocycles. The molecule has 2 heterocycles. The van der Waals surface area contributed by atoms with Gasteiger partial charge in [0.1, 0.15) is 0 Å². The highest BCUT2D eigenvalue weighted by Gasteiger charge is 2.34. The van der Waals surface area contributed by atoms with Crippen molar-refractivity contribution in [1.82, 2.24) is 10.2 Å². The zero-order valence-corrected chi connectivity index (χ0v) is 39.3. The van der Waals surface area contributed by atoms with E-state index in [-0.39, 0.29) is 46.9 Å². The van der Waals surface area contributed by atoms with Crippen LogP contribution >= 0.6 is 0 Å². The quantitative estimate of drug-likeness (QED) is 0.0852. The molecule has 6 aromatic carbocycles. The number of carbonyl (C=O) groups is 2. The van der Waals surface area contributed by atoms with E-state index >= 15 is 0 Å². The summed E-state index contributed by atoms with van der Waals surface area (Å²) in [5, 5.41) is 3.44. The van der Waals surface area contributed by atoms with Gasteiger partial charge in [-0.1, -0.05) is 84.9 Å². The number of halogens is 4. The van der Waals surface area contributed by atoms with Gasteiger partial charge in [0.25, 0.3) is 11.8 Å². The number of likely N-dealkylation sites (tertiary alicyclic amines) is 1. The molecule has 0 bridgehead atoms. The van der Waals surface area contributed by atoms with E-state index in [4.69, 9.17) is 9.47 Å². The highest BCUT2D eigenvalue weighted by molar-refractivity contribution is 6.07. The first-order chi connectivity index (χ1) is 34.1. The van der Waals surface area contributed by atoms with Gasteiger partial charge in [0, 0.05) is 54.2 Å². The largest absolute Gasteiger partial charge is 0.493 e. The predicted octanol–water partition coefficient (Wildman–Crippen LogP) is 11.8. The summed E-state index contributed by atoms with van der Waals surface area (Å²) < 4.78 is 70.5. The molecule has 6 aromatic rings. The standard InChI is InChI=1S/C30H32F2N2O3.C26H26F2N2O3/c1-36-28-18-24(14-15-27(28)37-30(31)32)29(35)34(20-26-11-6-16-33(26)19-21-12-13-21)25-10-5-9-23(17-25)22-7-3-2-4-8-22;1-32-24-16-20(12-13-23(24)33-26(27)28)25(31)30(17-21-10-6-14-29-21)22-11-5-9-19(15-22)18-7-3-2-4-8-18/h2-5,7-10,14-15,17-18,21,26,30H,6,11-13,16,19-20H2,1H3;2-5,7-9,11-13,15-16,21,26,29H,6,10,14,17H2,1H3/t26-;21-/m00/s1. The second-order valence-corrected chi connectivity index (χ2v) is 17.7. The van der Waals surface area contributed by atoms with Crippen LogP contribution in [-0.4, -0.2) is 89.0 Å². The van der Waals surface area contributed by atoms with E-state index in [9.17, 15) is 27.2 Å². The van der Waals surface area contributed by atoms with E-state index < -0.39 is 13.2 Å². The first kappa shape index (κ1) is 49.5. The van der Waals surface area contributed by atoms with Crippen molar-refractivity contribution in [2.24, 2.45) is 5.92 Å². The second-order valence-electron chi connectivity index (χ2n) is 17.7. The number of ether oxygens (including phenoxy) is 4. The lowest BCUT2D eigenvalue weighted by molar-refractivity contribution is -0.0518. The number of carbonyl (C=O) groups excluding carboxylic acids is 2. The van der Waals surface area contributed by atoms with Crippen molar-refractivity contribution in [2.45, 2.75) is 63.8 Å². The van der Waals surface area contributed by atoms with Gasteiger partial charge in [0.2, 0.25) is 0 Å². The van der Waals surface area contributed by atoms with Crippen molar-refractivity contribution in [3.8, 4) is 45.3 Å². The fourth-order valence-electron chi connectivity index (χ4n) is 9.20. The number of anilines is 2. The predicted molar refractivity (Wildman–Crippen MR) is 265 cm³/mol. The van der Waals surface area contributed by atoms with Crippen molar-refractivity contribution < 1.29 is 46.1 Å². The molecule has 14 heteroatoms. The average Bonchev–Trinajstić information content (AvgIpc) is 3.85. The average molecular weight is 959 g/mol. The van der Waals surface area contributed by atoms with Crippen molar-refractivity contribution >= 4 is 23.2 Å². The molecular weight excluding hydrogens is 901 g/mol. The fraction of sp³-hybridized carbons (Fsp3) is 0.321. The minimum absolute atomic E-state index is 0.0816. The topological polar surface area (TPSA) is 92.8 Å². The highest BCUT2D eigenvalue weighted by Crippen LogP contribution is 2.36. The number of alkyl halides is 4. The third-order valence-electron chi connectivity index (χ3n) is 12.9. The van der Waals surface area contributed by atoms with E-state index in [2.05, 4.69) is 19.7 Å². The Balaban J connectivity index is 0.000000190. The van der Waals surface area contributed by atoms with Crippen LogP contribution in [-0.2, 0) is 0 Å². The van der Waals surface area contributed by atoms with E-state index in [1.807, 2.05) is 114 Å². The molecule has 9 rings (SSSR count). The lowest BCUT2D eigenvalue weighted by Gasteiger charge is -2.31. The number of nitrogens with one attached hydrogen (secondary N) is 1. The summed E-state index contributed by atoms with van der Waals surface area (Å²) in [4.78, 5) is 33.7. The Labute approximate surface area is 406 Å². The van der Waals surface area contributed by atoms with E-state index in [0.29, 0.717) is 24.2 Å². The summed E-state index contributed by atoms with van der Waals surface area (Å²) in [6.07, 6.45) is 6.78. The van der Waals surface area contributed by atoms with Crippen LogP contribution in [0.15, 0.2) is 146 Å². The zero-order chi connectivity index (χ0) is 49.0. The van der Waals surface area contributed by atoms with Crippen LogP contribution in [0.5, 0.6) is 23.0 Å². The molecule has 366 valence electrons. The third kappa shape index (κ3) is 12.8. The third-order valence-corrected chi connectivity index (χ3v) is 12.9. The number of rotatable bonds is 18. The van der Waals surface area contributed by atoms with Crippen molar-refractivity contribution in [3.63, 3.8) is 0 Å². The van der Waals surface area contributed by atoms with Crippen molar-refractivity contribution in [3.05, 3.63) is 157 Å². The van der Waals surface area contributed by atoms with Crippen LogP contribution in [0, 0.1) is 5.92 Å². The Morgan fingerprint density at radius 2 is 1.07 bits per heavy atom. The summed E-state index contributed by atoms with van der Waals surface area (Å²) in [7, 11) is 2.72. The number of amides is 2. The van der Waals surface area contributed by atoms with Crippen LogP contribution in [0.25, 0.3) is 22.3 Å². The summed E-state index contributed by atoms with van der Waals surface area (Å²) in [5.74, 6) is 0.301. The fourth-order valence-corrected chi connectivity index (χ4v) is 9.20. The van der Waals surface area contributed by atoms with Crippen LogP contribution in [0.4, 0.5) is 28.9 Å². The minimum Gasteiger partial charge on any atom is -0.493 e. The van der Waals surface area contributed by atoms with Crippen molar-refractivity contribution in [1.29, 1.82) is 0 Å². The summed E-state index contributed by atoms with van der Waals surface area (Å²) in [6, 6.07) is 44.9. The SMILES string of the molecule is COc1cc(C(=O)N(C[C@@H]2CCCN2)c2cccc(-c3ccccc3)c2)ccc1OC(F)F.COc1cc(C(=O)N(C[C@@H]2CCCN2CC2CC2)c2cccc(-c3ccccc3)c2)ccc1OC(F)F. The molecular formula is C56H58F4N4O6. The maximum absolute atomic E-state index is 14.0. The molecule has 0 unspecified atom stereocenters. The first-order valence-electron chi connectivity index (χ1n) is 23.7. The molecule has 0 radical (unpaired) electrons. The monoisotopic (exact) mass is 958 g/mol. The number of methoxy groups -OCH3 is 2. The van der Waals surface area contributed by atoms with Gasteiger partial charge in [-0.25, -0.2) is 0 Å². The van der Waals surface area contributed by atoms with Gasteiger partial charge in [0.15, 0.2) is 23.0 Å². The number of benzene rings is 6. The Hall–Kier alpha value is -6.90. The van der Waals surface area contributed by atoms with E-state index in [1.165, 1.54) is 63.5 Å². The molecule has 0 spiro atoms. The Bertz CT molecular complexity index is 2670. The highest BCUT2D eigenvalue weighted by atomic mass is 19.3. The van der Waals surface area contributed by atoms with Crippen LogP contribution < -0.4 is 34.1 Å². The molecule has 1 saturated carbocycles. The zero-order valence-electron chi connectivity index (χ0n) is 39.3. The van der Waals surface area contributed by atoms with E-state index in [0.717, 1.165) is 84.9 Å². The maximum atomic E-state index is 14.0. The number of nitrogens with zero attached hydrogens (tertiary/aromatic N) is 3. The molecule has 2 amide bonds. The van der Waals surface area contributed by atoms with Gasteiger partial charge in [-0.3, -0.25) is 14.5 Å². The summed E-state index contributed by atoms with van der Waals surface area (Å²) in [6.45, 7) is -1.84. The lowest BCUT2D eigenvalue weighted by Crippen LogP contribution is -2.44. The van der Waals surface area contributed by atoms with Gasteiger partial charge in [-0.15, -0.1) is 0 Å². The number of hydrogen-bond acceptors (Lipinski definition) is 8. The maximum Gasteiger partial charge on any atom is 0.387 e. The summed E-state index contributed by atoms with van der Waals surface area (Å²) in [5.41, 5.74) is 6.41. The molecule has 2 aliphatic heterocycles. The van der Waals surface area contributed by atoms with Gasteiger partial charge in [-0.2, -0.15) is 17.6 Å². The minimum atomic E-state index is -2.98. The Kier molecular flexibility index (Phi) is 16.7. The molecule has 3 aliphatic rings. The molecule has 1 N–H and O–H groups in total. The van der Waals surface area contributed by atoms with E-state index in [1.54, 1.807) is 4.90 Å². The smallest absolute Gasteiger partial charge is 0.387 e. The lowest BCUT2D eigenvalue weighted by atomic mass is 10.0.